The summed E-state index contributed by atoms with van der Waals surface area (Å²) in [6, 6.07) is 20.8. The molecule has 0 radical (unpaired) electrons. The summed E-state index contributed by atoms with van der Waals surface area (Å²) in [6.07, 6.45) is 13.5. The Morgan fingerprint density at radius 3 is 1.73 bits per heavy atom. The van der Waals surface area contributed by atoms with Gasteiger partial charge in [0.25, 0.3) is 0 Å². The summed E-state index contributed by atoms with van der Waals surface area (Å²) in [4.78, 5) is 0. The van der Waals surface area contributed by atoms with Crippen molar-refractivity contribution in [1.82, 2.24) is 0 Å². The summed E-state index contributed by atoms with van der Waals surface area (Å²) in [6.45, 7) is 2.28. The molecule has 1 nitrogen and oxygen atoms in total. The number of ether oxygens (including phenoxy) is 1. The van der Waals surface area contributed by atoms with Crippen molar-refractivity contribution in [2.75, 3.05) is 0 Å². The van der Waals surface area contributed by atoms with Crippen LogP contribution in [0.5, 0.6) is 5.75 Å². The fourth-order valence-corrected chi connectivity index (χ4v) is 3.27. The summed E-state index contributed by atoms with van der Waals surface area (Å²) in [5, 5.41) is 0. The number of para-hydroxylation sites is 1. The van der Waals surface area contributed by atoms with Gasteiger partial charge in [-0.25, -0.2) is 0 Å². The molecule has 2 rings (SSSR count). The summed E-state index contributed by atoms with van der Waals surface area (Å²) >= 11 is 0. The van der Waals surface area contributed by atoms with E-state index in [4.69, 9.17) is 4.74 Å². The van der Waals surface area contributed by atoms with Gasteiger partial charge in [-0.15, -0.1) is 0 Å². The van der Waals surface area contributed by atoms with Crippen molar-refractivity contribution in [2.24, 2.45) is 0 Å². The van der Waals surface area contributed by atoms with Crippen LogP contribution in [0.1, 0.15) is 82.8 Å². The number of unbranched alkanes of at least 4 members (excludes halogenated alkanes) is 8. The molecule has 0 aromatic heterocycles. The minimum atomic E-state index is 0. The molecule has 0 bridgehead atoms. The molecule has 1 atom stereocenters. The Bertz CT molecular complexity index is 541. The van der Waals surface area contributed by atoms with E-state index in [-0.39, 0.29) is 35.7 Å². The van der Waals surface area contributed by atoms with E-state index in [0.29, 0.717) is 0 Å². The topological polar surface area (TPSA) is 9.23 Å². The quantitative estimate of drug-likeness (QED) is 0.273. The van der Waals surface area contributed by atoms with Crippen molar-refractivity contribution in [3.05, 3.63) is 66.2 Å². The van der Waals surface area contributed by atoms with Crippen LogP contribution in [0.2, 0.25) is 0 Å². The van der Waals surface area contributed by atoms with Gasteiger partial charge in [-0.2, -0.15) is 0 Å². The second kappa shape index (κ2) is 15.3. The SMILES string of the molecule is CCCCCCCCCCCC(Oc1ccccc1)c1ccccc1.[NaH]. The Morgan fingerprint density at radius 2 is 1.15 bits per heavy atom. The van der Waals surface area contributed by atoms with E-state index >= 15 is 0 Å². The monoisotopic (exact) mass is 362 g/mol. The number of hydrogen-bond donors (Lipinski definition) is 0. The van der Waals surface area contributed by atoms with Crippen LogP contribution in [0.25, 0.3) is 0 Å². The molecule has 0 aliphatic carbocycles. The first-order valence-corrected chi connectivity index (χ1v) is 10.2. The molecule has 2 aromatic carbocycles. The molecule has 0 saturated carbocycles. The Hall–Kier alpha value is -0.760. The van der Waals surface area contributed by atoms with E-state index in [1.54, 1.807) is 0 Å². The predicted molar refractivity (Wildman–Crippen MR) is 115 cm³/mol. The zero-order valence-corrected chi connectivity index (χ0v) is 15.8. The molecule has 138 valence electrons. The van der Waals surface area contributed by atoms with Gasteiger partial charge in [-0.3, -0.25) is 0 Å². The normalized spacial score (nSPS) is 11.6. The third kappa shape index (κ3) is 9.80. The molecular weight excluding hydrogens is 327 g/mol. The van der Waals surface area contributed by atoms with Crippen LogP contribution < -0.4 is 4.74 Å². The molecule has 0 aliphatic heterocycles. The second-order valence-electron chi connectivity index (χ2n) is 6.95. The summed E-state index contributed by atoms with van der Waals surface area (Å²) < 4.78 is 6.27. The standard InChI is InChI=1S/C24H34O.Na.H/c1-2-3-4-5-6-7-8-9-16-21-24(22-17-12-10-13-18-22)25-23-19-14-11-15-20-23;;/h10-15,17-20,24H,2-9,16,21H2,1H3;;. The Kier molecular flexibility index (Phi) is 13.7. The summed E-state index contributed by atoms with van der Waals surface area (Å²) in [5.41, 5.74) is 1.28. The van der Waals surface area contributed by atoms with Crippen LogP contribution in [0, 0.1) is 0 Å². The van der Waals surface area contributed by atoms with Gasteiger partial charge >= 0.3 is 29.6 Å². The van der Waals surface area contributed by atoms with E-state index in [0.717, 1.165) is 12.2 Å². The number of benzene rings is 2. The van der Waals surface area contributed by atoms with Gasteiger partial charge in [-0.05, 0) is 30.5 Å². The molecule has 1 unspecified atom stereocenters. The fourth-order valence-electron chi connectivity index (χ4n) is 3.27. The van der Waals surface area contributed by atoms with Crippen molar-refractivity contribution >= 4 is 29.6 Å². The van der Waals surface area contributed by atoms with E-state index in [1.165, 1.54) is 63.4 Å². The minimum absolute atomic E-state index is 0. The first-order chi connectivity index (χ1) is 12.4. The van der Waals surface area contributed by atoms with Crippen LogP contribution in [-0.4, -0.2) is 29.6 Å². The Morgan fingerprint density at radius 1 is 0.654 bits per heavy atom. The first kappa shape index (κ1) is 23.3. The second-order valence-corrected chi connectivity index (χ2v) is 6.95. The van der Waals surface area contributed by atoms with Crippen molar-refractivity contribution in [3.8, 4) is 5.75 Å². The van der Waals surface area contributed by atoms with Crippen LogP contribution in [0.15, 0.2) is 60.7 Å². The molecule has 26 heavy (non-hydrogen) atoms. The molecule has 0 spiro atoms. The Balaban J connectivity index is 0.00000338. The molecule has 0 fully saturated rings. The zero-order valence-electron chi connectivity index (χ0n) is 15.8. The van der Waals surface area contributed by atoms with Gasteiger partial charge in [0.15, 0.2) is 0 Å². The van der Waals surface area contributed by atoms with Gasteiger partial charge in [0.1, 0.15) is 11.9 Å². The van der Waals surface area contributed by atoms with E-state index in [2.05, 4.69) is 37.3 Å². The molecule has 0 amide bonds. The average molecular weight is 363 g/mol. The predicted octanol–water partition coefficient (Wildman–Crippen LogP) is 7.08. The summed E-state index contributed by atoms with van der Waals surface area (Å²) in [7, 11) is 0. The van der Waals surface area contributed by atoms with Gasteiger partial charge in [0.2, 0.25) is 0 Å². The molecule has 2 aromatic rings. The van der Waals surface area contributed by atoms with Crippen LogP contribution in [0.3, 0.4) is 0 Å². The zero-order chi connectivity index (χ0) is 17.6. The van der Waals surface area contributed by atoms with Crippen LogP contribution in [-0.2, 0) is 0 Å². The molecule has 0 N–H and O–H groups in total. The van der Waals surface area contributed by atoms with Crippen LogP contribution >= 0.6 is 0 Å². The number of hydrogen-bond acceptors (Lipinski definition) is 1. The van der Waals surface area contributed by atoms with Gasteiger partial charge in [0.05, 0.1) is 0 Å². The third-order valence-corrected chi connectivity index (χ3v) is 4.76. The van der Waals surface area contributed by atoms with Gasteiger partial charge in [-0.1, -0.05) is 107 Å². The van der Waals surface area contributed by atoms with Crippen molar-refractivity contribution in [3.63, 3.8) is 0 Å². The maximum atomic E-state index is 6.27. The van der Waals surface area contributed by atoms with Gasteiger partial charge < -0.3 is 4.74 Å². The summed E-state index contributed by atoms with van der Waals surface area (Å²) in [5.74, 6) is 0.965. The fraction of sp³-hybridized carbons (Fsp3) is 0.500. The van der Waals surface area contributed by atoms with E-state index < -0.39 is 0 Å². The maximum absolute atomic E-state index is 6.27. The third-order valence-electron chi connectivity index (χ3n) is 4.76. The van der Waals surface area contributed by atoms with E-state index in [1.807, 2.05) is 30.3 Å². The van der Waals surface area contributed by atoms with Crippen molar-refractivity contribution < 1.29 is 4.74 Å². The van der Waals surface area contributed by atoms with Crippen molar-refractivity contribution in [2.45, 2.75) is 77.2 Å². The average Bonchev–Trinajstić information content (AvgIpc) is 2.67. The van der Waals surface area contributed by atoms with Crippen molar-refractivity contribution in [1.29, 1.82) is 0 Å². The molecule has 2 heteroatoms. The molecular formula is C24H35NaO. The van der Waals surface area contributed by atoms with Crippen LogP contribution in [0.4, 0.5) is 0 Å². The number of rotatable bonds is 13. The molecule has 0 saturated heterocycles. The molecule has 0 heterocycles. The first-order valence-electron chi connectivity index (χ1n) is 10.2. The van der Waals surface area contributed by atoms with Gasteiger partial charge in [0, 0.05) is 0 Å². The molecule has 0 aliphatic rings. The Labute approximate surface area is 182 Å². The van der Waals surface area contributed by atoms with E-state index in [9.17, 15) is 0 Å².